The lowest BCUT2D eigenvalue weighted by atomic mass is 10.2. The van der Waals surface area contributed by atoms with E-state index < -0.39 is 0 Å². The van der Waals surface area contributed by atoms with Crippen LogP contribution >= 0.6 is 11.3 Å². The van der Waals surface area contributed by atoms with E-state index in [0.29, 0.717) is 12.8 Å². The lowest BCUT2D eigenvalue weighted by Gasteiger charge is -2.05. The number of amides is 1. The van der Waals surface area contributed by atoms with Gasteiger partial charge in [-0.25, -0.2) is 0 Å². The molecule has 1 amide bonds. The Morgan fingerprint density at radius 2 is 2.42 bits per heavy atom. The highest BCUT2D eigenvalue weighted by molar-refractivity contribution is 7.09. The van der Waals surface area contributed by atoms with Gasteiger partial charge in [-0.3, -0.25) is 4.79 Å². The Bertz CT molecular complexity index is 246. The van der Waals surface area contributed by atoms with Gasteiger partial charge in [0.15, 0.2) is 0 Å². The van der Waals surface area contributed by atoms with Gasteiger partial charge in [-0.15, -0.1) is 11.3 Å². The molecule has 0 saturated carbocycles. The number of nitrogens with one attached hydrogen (secondary N) is 1. The van der Waals surface area contributed by atoms with Crippen LogP contribution in [0.5, 0.6) is 0 Å². The Balaban J connectivity index is 2.47. The molecule has 1 aromatic heterocycles. The van der Waals surface area contributed by atoms with E-state index in [1.165, 1.54) is 0 Å². The predicted octanol–water partition coefficient (Wildman–Crippen LogP) is 0.604. The van der Waals surface area contributed by atoms with Crippen LogP contribution in [0.1, 0.15) is 4.88 Å². The summed E-state index contributed by atoms with van der Waals surface area (Å²) in [6.45, 7) is 0. The Labute approximate surface area is 74.4 Å². The first-order valence-corrected chi connectivity index (χ1v) is 4.42. The number of carbonyl (C=O) groups excluding carboxylic acids is 2. The standard InChI is InChI=1S/C8H9NO2S/c10-5-7(9-6-11)4-8-2-1-3-12-8/h1-3,5-7H,4H2,(H,9,11). The third-order valence-corrected chi connectivity index (χ3v) is 2.35. The van der Waals surface area contributed by atoms with Crippen LogP contribution in [0.2, 0.25) is 0 Å². The summed E-state index contributed by atoms with van der Waals surface area (Å²) < 4.78 is 0. The SMILES string of the molecule is O=CNC(C=O)Cc1cccs1. The van der Waals surface area contributed by atoms with E-state index in [-0.39, 0.29) is 6.04 Å². The van der Waals surface area contributed by atoms with E-state index in [2.05, 4.69) is 5.32 Å². The topological polar surface area (TPSA) is 46.2 Å². The summed E-state index contributed by atoms with van der Waals surface area (Å²) in [4.78, 5) is 21.5. The number of carbonyl (C=O) groups is 2. The van der Waals surface area contributed by atoms with Gasteiger partial charge in [0.25, 0.3) is 0 Å². The van der Waals surface area contributed by atoms with Crippen molar-refractivity contribution >= 4 is 24.0 Å². The average molecular weight is 183 g/mol. The summed E-state index contributed by atoms with van der Waals surface area (Å²) in [6.07, 6.45) is 1.88. The number of hydrogen-bond donors (Lipinski definition) is 1. The van der Waals surface area contributed by atoms with Gasteiger partial charge in [-0.2, -0.15) is 0 Å². The molecule has 4 heteroatoms. The maximum absolute atomic E-state index is 10.4. The monoisotopic (exact) mass is 183 g/mol. The van der Waals surface area contributed by atoms with Gasteiger partial charge in [-0.1, -0.05) is 6.07 Å². The summed E-state index contributed by atoms with van der Waals surface area (Å²) >= 11 is 1.58. The van der Waals surface area contributed by atoms with E-state index in [1.54, 1.807) is 11.3 Å². The van der Waals surface area contributed by atoms with Crippen LogP contribution in [0.25, 0.3) is 0 Å². The normalized spacial score (nSPS) is 12.0. The van der Waals surface area contributed by atoms with Crippen LogP contribution in [0, 0.1) is 0 Å². The van der Waals surface area contributed by atoms with Crippen LogP contribution in [-0.2, 0) is 16.0 Å². The lowest BCUT2D eigenvalue weighted by molar-refractivity contribution is -0.115. The highest BCUT2D eigenvalue weighted by atomic mass is 32.1. The molecule has 0 fully saturated rings. The summed E-state index contributed by atoms with van der Waals surface area (Å²) in [7, 11) is 0. The molecule has 1 aromatic rings. The quantitative estimate of drug-likeness (QED) is 0.680. The van der Waals surface area contributed by atoms with Crippen LogP contribution in [0.4, 0.5) is 0 Å². The highest BCUT2D eigenvalue weighted by Gasteiger charge is 2.06. The third kappa shape index (κ3) is 2.47. The van der Waals surface area contributed by atoms with Crippen LogP contribution < -0.4 is 5.32 Å². The minimum absolute atomic E-state index is 0.388. The maximum atomic E-state index is 10.4. The molecule has 0 aliphatic heterocycles. The fraction of sp³-hybridized carbons (Fsp3) is 0.250. The van der Waals surface area contributed by atoms with Crippen molar-refractivity contribution in [2.24, 2.45) is 0 Å². The molecule has 0 spiro atoms. The van der Waals surface area contributed by atoms with Crippen molar-refractivity contribution in [1.82, 2.24) is 5.32 Å². The van der Waals surface area contributed by atoms with Gasteiger partial charge in [0.2, 0.25) is 6.41 Å². The van der Waals surface area contributed by atoms with E-state index in [4.69, 9.17) is 0 Å². The smallest absolute Gasteiger partial charge is 0.207 e. The lowest BCUT2D eigenvalue weighted by Crippen LogP contribution is -2.30. The Kier molecular flexibility index (Phi) is 3.47. The Morgan fingerprint density at radius 3 is 2.92 bits per heavy atom. The first-order chi connectivity index (χ1) is 5.86. The largest absolute Gasteiger partial charge is 0.349 e. The Morgan fingerprint density at radius 1 is 1.58 bits per heavy atom. The van der Waals surface area contributed by atoms with E-state index in [1.807, 2.05) is 17.5 Å². The molecule has 64 valence electrons. The fourth-order valence-corrected chi connectivity index (χ4v) is 1.64. The van der Waals surface area contributed by atoms with Crippen molar-refractivity contribution in [3.05, 3.63) is 22.4 Å². The second-order valence-corrected chi connectivity index (χ2v) is 3.34. The summed E-state index contributed by atoms with van der Waals surface area (Å²) in [5, 5.41) is 4.37. The summed E-state index contributed by atoms with van der Waals surface area (Å²) in [6, 6.07) is 3.47. The van der Waals surface area contributed by atoms with E-state index in [0.717, 1.165) is 11.2 Å². The van der Waals surface area contributed by atoms with Crippen molar-refractivity contribution in [2.75, 3.05) is 0 Å². The van der Waals surface area contributed by atoms with E-state index >= 15 is 0 Å². The summed E-state index contributed by atoms with van der Waals surface area (Å²) in [5.41, 5.74) is 0. The molecule has 1 atom stereocenters. The predicted molar refractivity (Wildman–Crippen MR) is 47.1 cm³/mol. The van der Waals surface area contributed by atoms with Gasteiger partial charge in [0, 0.05) is 11.3 Å². The molecule has 1 unspecified atom stereocenters. The van der Waals surface area contributed by atoms with Crippen LogP contribution in [0.3, 0.4) is 0 Å². The molecule has 0 aliphatic carbocycles. The zero-order valence-electron chi connectivity index (χ0n) is 6.40. The molecular weight excluding hydrogens is 174 g/mol. The van der Waals surface area contributed by atoms with Crippen LogP contribution in [-0.4, -0.2) is 18.7 Å². The van der Waals surface area contributed by atoms with E-state index in [9.17, 15) is 9.59 Å². The number of aldehydes is 1. The third-order valence-electron chi connectivity index (χ3n) is 1.45. The fourth-order valence-electron chi connectivity index (χ4n) is 0.879. The van der Waals surface area contributed by atoms with Gasteiger partial charge in [-0.05, 0) is 11.4 Å². The summed E-state index contributed by atoms with van der Waals surface area (Å²) in [5.74, 6) is 0. The molecular formula is C8H9NO2S. The molecule has 0 aromatic carbocycles. The van der Waals surface area contributed by atoms with Crippen molar-refractivity contribution < 1.29 is 9.59 Å². The molecule has 0 saturated heterocycles. The van der Waals surface area contributed by atoms with Crippen LogP contribution in [0.15, 0.2) is 17.5 Å². The van der Waals surface area contributed by atoms with Crippen molar-refractivity contribution in [1.29, 1.82) is 0 Å². The minimum Gasteiger partial charge on any atom is -0.349 e. The number of hydrogen-bond acceptors (Lipinski definition) is 3. The molecule has 1 rings (SSSR count). The number of rotatable bonds is 5. The highest BCUT2D eigenvalue weighted by Crippen LogP contribution is 2.09. The minimum atomic E-state index is -0.388. The van der Waals surface area contributed by atoms with Gasteiger partial charge in [0.05, 0.1) is 6.04 Å². The van der Waals surface area contributed by atoms with Gasteiger partial charge in [0.1, 0.15) is 6.29 Å². The number of thiophene rings is 1. The zero-order chi connectivity index (χ0) is 8.81. The first kappa shape index (κ1) is 8.93. The maximum Gasteiger partial charge on any atom is 0.207 e. The molecule has 0 radical (unpaired) electrons. The average Bonchev–Trinajstić information content (AvgIpc) is 2.56. The van der Waals surface area contributed by atoms with Gasteiger partial charge >= 0.3 is 0 Å². The zero-order valence-corrected chi connectivity index (χ0v) is 7.21. The molecule has 1 heterocycles. The first-order valence-electron chi connectivity index (χ1n) is 3.54. The molecule has 3 nitrogen and oxygen atoms in total. The molecule has 1 N–H and O–H groups in total. The van der Waals surface area contributed by atoms with Gasteiger partial charge < -0.3 is 10.1 Å². The second kappa shape index (κ2) is 4.66. The Hall–Kier alpha value is -1.16. The van der Waals surface area contributed by atoms with Crippen molar-refractivity contribution in [2.45, 2.75) is 12.5 Å². The molecule has 0 bridgehead atoms. The molecule has 12 heavy (non-hydrogen) atoms. The van der Waals surface area contributed by atoms with Crippen molar-refractivity contribution in [3.8, 4) is 0 Å². The van der Waals surface area contributed by atoms with Crippen molar-refractivity contribution in [3.63, 3.8) is 0 Å². The second-order valence-electron chi connectivity index (χ2n) is 2.31. The molecule has 0 aliphatic rings.